The Hall–Kier alpha value is -0.470. The molecule has 0 radical (unpaired) electrons. The van der Waals surface area contributed by atoms with Crippen molar-refractivity contribution in [1.29, 1.82) is 0 Å². The zero-order valence-electron chi connectivity index (χ0n) is 12.3. The maximum absolute atomic E-state index is 12.3. The van der Waals surface area contributed by atoms with Gasteiger partial charge in [0.15, 0.2) is 0 Å². The molecule has 1 aromatic rings. The van der Waals surface area contributed by atoms with Gasteiger partial charge in [0, 0.05) is 24.0 Å². The molecule has 1 saturated heterocycles. The lowest BCUT2D eigenvalue weighted by molar-refractivity contribution is -0.135. The minimum Gasteiger partial charge on any atom is -0.378 e. The summed E-state index contributed by atoms with van der Waals surface area (Å²) in [6, 6.07) is 3.78. The predicted octanol–water partition coefficient (Wildman–Crippen LogP) is 1.74. The molecule has 3 N–H and O–H groups in total. The number of hydrogen-bond acceptors (Lipinski definition) is 5. The molecule has 0 saturated carbocycles. The van der Waals surface area contributed by atoms with Gasteiger partial charge in [-0.25, -0.2) is 0 Å². The van der Waals surface area contributed by atoms with E-state index >= 15 is 0 Å². The zero-order chi connectivity index (χ0) is 15.4. The number of nitrogens with one attached hydrogen (secondary N) is 1. The van der Waals surface area contributed by atoms with Gasteiger partial charge < -0.3 is 15.8 Å². The molecule has 3 atom stereocenters. The number of halogens is 1. The van der Waals surface area contributed by atoms with Gasteiger partial charge in [-0.3, -0.25) is 9.69 Å². The molecule has 0 aromatic carbocycles. The summed E-state index contributed by atoms with van der Waals surface area (Å²) in [7, 11) is 0. The van der Waals surface area contributed by atoms with Crippen molar-refractivity contribution in [3.05, 3.63) is 20.8 Å². The summed E-state index contributed by atoms with van der Waals surface area (Å²) in [6.45, 7) is 6.29. The van der Waals surface area contributed by atoms with Gasteiger partial charge >= 0.3 is 0 Å². The number of likely N-dealkylation sites (N-methyl/N-ethyl adjacent to an activating group) is 1. The Morgan fingerprint density at radius 2 is 2.43 bits per heavy atom. The normalized spacial score (nSPS) is 22.8. The third-order valence-electron chi connectivity index (χ3n) is 3.56. The van der Waals surface area contributed by atoms with Crippen molar-refractivity contribution >= 4 is 33.2 Å². The Bertz CT molecular complexity index is 481. The number of nitrogens with two attached hydrogens (primary N) is 1. The minimum absolute atomic E-state index is 0.0125. The van der Waals surface area contributed by atoms with Crippen LogP contribution in [0.2, 0.25) is 0 Å². The molecular formula is C14H22BrN3O2S. The lowest BCUT2D eigenvalue weighted by Crippen LogP contribution is -2.57. The van der Waals surface area contributed by atoms with Crippen molar-refractivity contribution in [2.75, 3.05) is 26.3 Å². The second kappa shape index (κ2) is 7.69. The average Bonchev–Trinajstić information content (AvgIpc) is 2.85. The zero-order valence-corrected chi connectivity index (χ0v) is 14.7. The Balaban J connectivity index is 2.25. The smallest absolute Gasteiger partial charge is 0.239 e. The molecule has 2 heterocycles. The van der Waals surface area contributed by atoms with Crippen molar-refractivity contribution in [3.8, 4) is 0 Å². The first kappa shape index (κ1) is 16.9. The SMILES string of the molecule is CCNC(=O)C1COCCN1C(c1ccc(Br)s1)C(C)N. The fraction of sp³-hybridized carbons (Fsp3) is 0.643. The molecule has 1 amide bonds. The molecule has 0 bridgehead atoms. The summed E-state index contributed by atoms with van der Waals surface area (Å²) in [5, 5.41) is 2.89. The van der Waals surface area contributed by atoms with E-state index in [1.807, 2.05) is 19.9 Å². The van der Waals surface area contributed by atoms with Crippen molar-refractivity contribution in [3.63, 3.8) is 0 Å². The summed E-state index contributed by atoms with van der Waals surface area (Å²) < 4.78 is 6.58. The predicted molar refractivity (Wildman–Crippen MR) is 88.4 cm³/mol. The first-order valence-electron chi connectivity index (χ1n) is 7.16. The van der Waals surface area contributed by atoms with Gasteiger partial charge in [-0.2, -0.15) is 0 Å². The standard InChI is InChI=1S/C14H22BrN3O2S/c1-3-17-14(19)10-8-20-7-6-18(10)13(9(2)16)11-4-5-12(15)21-11/h4-5,9-10,13H,3,6-8,16H2,1-2H3,(H,17,19). The molecule has 2 rings (SSSR count). The van der Waals surface area contributed by atoms with Crippen LogP contribution in [-0.2, 0) is 9.53 Å². The van der Waals surface area contributed by atoms with Crippen LogP contribution in [0.15, 0.2) is 15.9 Å². The highest BCUT2D eigenvalue weighted by Crippen LogP contribution is 2.34. The number of hydrogen-bond donors (Lipinski definition) is 2. The number of carbonyl (C=O) groups is 1. The summed E-state index contributed by atoms with van der Waals surface area (Å²) in [4.78, 5) is 15.6. The second-order valence-corrected chi connectivity index (χ2v) is 7.66. The van der Waals surface area contributed by atoms with Gasteiger partial charge in [0.2, 0.25) is 5.91 Å². The Kier molecular flexibility index (Phi) is 6.19. The van der Waals surface area contributed by atoms with Crippen LogP contribution < -0.4 is 11.1 Å². The van der Waals surface area contributed by atoms with Gasteiger partial charge in [0.25, 0.3) is 0 Å². The summed E-state index contributed by atoms with van der Waals surface area (Å²) in [6.07, 6.45) is 0. The maximum Gasteiger partial charge on any atom is 0.239 e. The number of nitrogens with zero attached hydrogens (tertiary/aromatic N) is 1. The Morgan fingerprint density at radius 1 is 1.67 bits per heavy atom. The van der Waals surface area contributed by atoms with E-state index in [-0.39, 0.29) is 24.0 Å². The molecule has 5 nitrogen and oxygen atoms in total. The van der Waals surface area contributed by atoms with Crippen LogP contribution >= 0.6 is 27.3 Å². The fourth-order valence-electron chi connectivity index (χ4n) is 2.68. The first-order chi connectivity index (χ1) is 10.0. The van der Waals surface area contributed by atoms with Crippen molar-refractivity contribution < 1.29 is 9.53 Å². The molecule has 1 aliphatic heterocycles. The lowest BCUT2D eigenvalue weighted by atomic mass is 10.0. The fourth-order valence-corrected chi connectivity index (χ4v) is 4.34. The number of amides is 1. The van der Waals surface area contributed by atoms with E-state index in [4.69, 9.17) is 10.5 Å². The van der Waals surface area contributed by atoms with E-state index in [9.17, 15) is 4.79 Å². The molecule has 1 aromatic heterocycles. The molecular weight excluding hydrogens is 354 g/mol. The molecule has 7 heteroatoms. The second-order valence-electron chi connectivity index (χ2n) is 5.17. The van der Waals surface area contributed by atoms with Crippen molar-refractivity contribution in [2.24, 2.45) is 5.73 Å². The van der Waals surface area contributed by atoms with Crippen LogP contribution in [0.1, 0.15) is 24.8 Å². The quantitative estimate of drug-likeness (QED) is 0.822. The Labute approximate surface area is 138 Å². The van der Waals surface area contributed by atoms with Gasteiger partial charge in [-0.05, 0) is 41.9 Å². The number of thiophene rings is 1. The van der Waals surface area contributed by atoms with Crippen LogP contribution in [-0.4, -0.2) is 49.2 Å². The van der Waals surface area contributed by atoms with Gasteiger partial charge in [-0.15, -0.1) is 11.3 Å². The van der Waals surface area contributed by atoms with Crippen LogP contribution in [0.25, 0.3) is 0 Å². The van der Waals surface area contributed by atoms with E-state index in [1.54, 1.807) is 11.3 Å². The van der Waals surface area contributed by atoms with E-state index in [1.165, 1.54) is 4.88 Å². The lowest BCUT2D eigenvalue weighted by Gasteiger charge is -2.41. The molecule has 0 spiro atoms. The summed E-state index contributed by atoms with van der Waals surface area (Å²) in [5.74, 6) is 0.0125. The van der Waals surface area contributed by atoms with E-state index in [2.05, 4.69) is 32.2 Å². The molecule has 118 valence electrons. The third-order valence-corrected chi connectivity index (χ3v) is 5.26. The van der Waals surface area contributed by atoms with Crippen LogP contribution in [0.5, 0.6) is 0 Å². The highest BCUT2D eigenvalue weighted by molar-refractivity contribution is 9.11. The molecule has 1 aliphatic rings. The molecule has 0 aliphatic carbocycles. The van der Waals surface area contributed by atoms with Gasteiger partial charge in [0.05, 0.1) is 23.0 Å². The van der Waals surface area contributed by atoms with E-state index in [0.717, 1.165) is 3.79 Å². The molecule has 1 fully saturated rings. The summed E-state index contributed by atoms with van der Waals surface area (Å²) >= 11 is 5.17. The van der Waals surface area contributed by atoms with Gasteiger partial charge in [-0.1, -0.05) is 0 Å². The number of carbonyl (C=O) groups excluding carboxylic acids is 1. The minimum atomic E-state index is -0.282. The van der Waals surface area contributed by atoms with Crippen LogP contribution in [0.3, 0.4) is 0 Å². The van der Waals surface area contributed by atoms with Crippen LogP contribution in [0.4, 0.5) is 0 Å². The molecule has 3 unspecified atom stereocenters. The monoisotopic (exact) mass is 375 g/mol. The molecule has 21 heavy (non-hydrogen) atoms. The highest BCUT2D eigenvalue weighted by atomic mass is 79.9. The maximum atomic E-state index is 12.3. The van der Waals surface area contributed by atoms with Gasteiger partial charge in [0.1, 0.15) is 6.04 Å². The van der Waals surface area contributed by atoms with E-state index in [0.29, 0.717) is 26.3 Å². The number of rotatable bonds is 5. The number of ether oxygens (including phenoxy) is 1. The Morgan fingerprint density at radius 3 is 3.00 bits per heavy atom. The van der Waals surface area contributed by atoms with Crippen LogP contribution in [0, 0.1) is 0 Å². The number of morpholine rings is 1. The average molecular weight is 376 g/mol. The topological polar surface area (TPSA) is 67.6 Å². The van der Waals surface area contributed by atoms with Crippen molar-refractivity contribution in [2.45, 2.75) is 32.0 Å². The van der Waals surface area contributed by atoms with E-state index < -0.39 is 0 Å². The highest BCUT2D eigenvalue weighted by Gasteiger charge is 2.36. The first-order valence-corrected chi connectivity index (χ1v) is 8.77. The summed E-state index contributed by atoms with van der Waals surface area (Å²) in [5.41, 5.74) is 6.22. The third kappa shape index (κ3) is 4.04. The largest absolute Gasteiger partial charge is 0.378 e. The van der Waals surface area contributed by atoms with Crippen molar-refractivity contribution in [1.82, 2.24) is 10.2 Å².